The van der Waals surface area contributed by atoms with Crippen LogP contribution in [-0.2, 0) is 14.6 Å². The average Bonchev–Trinajstić information content (AvgIpc) is 2.85. The lowest BCUT2D eigenvalue weighted by molar-refractivity contribution is -0.130. The highest BCUT2D eigenvalue weighted by atomic mass is 35.5. The van der Waals surface area contributed by atoms with Crippen LogP contribution in [0.2, 0.25) is 5.02 Å². The van der Waals surface area contributed by atoms with E-state index >= 15 is 0 Å². The summed E-state index contributed by atoms with van der Waals surface area (Å²) in [6.07, 6.45) is 0.145. The number of carbonyl (C=O) groups excluding carboxylic acids is 2. The molecule has 0 aromatic heterocycles. The predicted octanol–water partition coefficient (Wildman–Crippen LogP) is 3.83. The molecule has 3 rings (SSSR count). The molecule has 1 amide bonds. The quantitative estimate of drug-likeness (QED) is 0.666. The minimum absolute atomic E-state index is 0.00806. The summed E-state index contributed by atoms with van der Waals surface area (Å²) in [5.74, 6) is -1.25. The third-order valence-electron chi connectivity index (χ3n) is 5.08. The van der Waals surface area contributed by atoms with E-state index < -0.39 is 20.9 Å². The molecule has 29 heavy (non-hydrogen) atoms. The van der Waals surface area contributed by atoms with E-state index in [0.717, 1.165) is 0 Å². The molecule has 1 heterocycles. The molecule has 154 valence electrons. The number of ketones is 1. The number of benzene rings is 2. The molecule has 2 aromatic carbocycles. The SMILES string of the molecule is O=C(CCC(=O)N1CCC(c2ccccc2F)S(=O)(=O)CC1)c1ccc(Cl)cc1. The van der Waals surface area contributed by atoms with Crippen molar-refractivity contribution in [1.82, 2.24) is 4.90 Å². The molecule has 1 aliphatic heterocycles. The second kappa shape index (κ2) is 9.05. The Morgan fingerprint density at radius 2 is 1.72 bits per heavy atom. The summed E-state index contributed by atoms with van der Waals surface area (Å²) < 4.78 is 39.4. The molecule has 0 aliphatic carbocycles. The molecular weight excluding hydrogens is 417 g/mol. The fraction of sp³-hybridized carbons (Fsp3) is 0.333. The maximum Gasteiger partial charge on any atom is 0.223 e. The Labute approximate surface area is 174 Å². The van der Waals surface area contributed by atoms with Gasteiger partial charge in [-0.25, -0.2) is 12.8 Å². The second-order valence-corrected chi connectivity index (χ2v) is 9.72. The molecule has 1 aliphatic rings. The van der Waals surface area contributed by atoms with Gasteiger partial charge in [0.05, 0.1) is 11.0 Å². The van der Waals surface area contributed by atoms with Gasteiger partial charge in [-0.3, -0.25) is 9.59 Å². The number of Topliss-reactive ketones (excluding diaryl/α,β-unsaturated/α-hetero) is 1. The minimum atomic E-state index is -3.59. The molecule has 2 aromatic rings. The first-order chi connectivity index (χ1) is 13.8. The zero-order chi connectivity index (χ0) is 21.0. The van der Waals surface area contributed by atoms with E-state index in [0.29, 0.717) is 10.6 Å². The Morgan fingerprint density at radius 1 is 1.03 bits per heavy atom. The van der Waals surface area contributed by atoms with E-state index in [-0.39, 0.29) is 55.4 Å². The first-order valence-electron chi connectivity index (χ1n) is 9.30. The first-order valence-corrected chi connectivity index (χ1v) is 11.4. The number of halogens is 2. The van der Waals surface area contributed by atoms with Crippen LogP contribution in [-0.4, -0.2) is 43.9 Å². The van der Waals surface area contributed by atoms with Crippen molar-refractivity contribution >= 4 is 33.1 Å². The van der Waals surface area contributed by atoms with Crippen LogP contribution < -0.4 is 0 Å². The predicted molar refractivity (Wildman–Crippen MR) is 109 cm³/mol. The van der Waals surface area contributed by atoms with Crippen molar-refractivity contribution in [2.24, 2.45) is 0 Å². The molecule has 1 atom stereocenters. The summed E-state index contributed by atoms with van der Waals surface area (Å²) in [6.45, 7) is 0.244. The summed E-state index contributed by atoms with van der Waals surface area (Å²) in [5, 5.41) is -0.454. The van der Waals surface area contributed by atoms with Crippen LogP contribution in [0.15, 0.2) is 48.5 Å². The van der Waals surface area contributed by atoms with Crippen molar-refractivity contribution in [3.8, 4) is 0 Å². The summed E-state index contributed by atoms with van der Waals surface area (Å²) in [4.78, 5) is 26.2. The summed E-state index contributed by atoms with van der Waals surface area (Å²) in [5.41, 5.74) is 0.611. The van der Waals surface area contributed by atoms with Gasteiger partial charge in [-0.1, -0.05) is 29.8 Å². The van der Waals surface area contributed by atoms with Crippen LogP contribution in [0.3, 0.4) is 0 Å². The van der Waals surface area contributed by atoms with Gasteiger partial charge in [0.25, 0.3) is 0 Å². The van der Waals surface area contributed by atoms with E-state index in [1.54, 1.807) is 30.3 Å². The third-order valence-corrected chi connectivity index (χ3v) is 7.44. The van der Waals surface area contributed by atoms with E-state index in [4.69, 9.17) is 11.6 Å². The van der Waals surface area contributed by atoms with Crippen LogP contribution in [0.1, 0.15) is 40.4 Å². The van der Waals surface area contributed by atoms with Crippen LogP contribution >= 0.6 is 11.6 Å². The van der Waals surface area contributed by atoms with Crippen LogP contribution in [0, 0.1) is 5.82 Å². The van der Waals surface area contributed by atoms with Crippen molar-refractivity contribution in [1.29, 1.82) is 0 Å². The second-order valence-electron chi connectivity index (χ2n) is 6.98. The third kappa shape index (κ3) is 5.22. The monoisotopic (exact) mass is 437 g/mol. The van der Waals surface area contributed by atoms with Crippen LogP contribution in [0.5, 0.6) is 0 Å². The van der Waals surface area contributed by atoms with Gasteiger partial charge in [-0.05, 0) is 36.8 Å². The van der Waals surface area contributed by atoms with Gasteiger partial charge in [-0.2, -0.15) is 0 Å². The number of amides is 1. The van der Waals surface area contributed by atoms with Crippen LogP contribution in [0.25, 0.3) is 0 Å². The highest BCUT2D eigenvalue weighted by Crippen LogP contribution is 2.31. The van der Waals surface area contributed by atoms with E-state index in [1.165, 1.54) is 23.1 Å². The van der Waals surface area contributed by atoms with Gasteiger partial charge in [0.2, 0.25) is 5.91 Å². The van der Waals surface area contributed by atoms with Gasteiger partial charge in [-0.15, -0.1) is 0 Å². The average molecular weight is 438 g/mol. The van der Waals surface area contributed by atoms with Crippen molar-refractivity contribution < 1.29 is 22.4 Å². The normalized spacial score (nSPS) is 18.8. The molecule has 1 fully saturated rings. The first kappa shape index (κ1) is 21.5. The number of nitrogens with zero attached hydrogens (tertiary/aromatic N) is 1. The smallest absolute Gasteiger partial charge is 0.223 e. The fourth-order valence-corrected chi connectivity index (χ4v) is 5.37. The number of hydrogen-bond acceptors (Lipinski definition) is 4. The van der Waals surface area contributed by atoms with Gasteiger partial charge in [0.15, 0.2) is 15.6 Å². The van der Waals surface area contributed by atoms with Gasteiger partial charge < -0.3 is 4.90 Å². The molecule has 1 unspecified atom stereocenters. The van der Waals surface area contributed by atoms with Gasteiger partial charge in [0.1, 0.15) is 5.82 Å². The Balaban J connectivity index is 1.63. The van der Waals surface area contributed by atoms with Crippen molar-refractivity contribution in [2.45, 2.75) is 24.5 Å². The number of carbonyl (C=O) groups is 2. The Hall–Kier alpha value is -2.25. The molecule has 8 heteroatoms. The lowest BCUT2D eigenvalue weighted by atomic mass is 10.1. The van der Waals surface area contributed by atoms with E-state index in [2.05, 4.69) is 0 Å². The molecule has 0 spiro atoms. The molecule has 1 saturated heterocycles. The van der Waals surface area contributed by atoms with Crippen LogP contribution in [0.4, 0.5) is 4.39 Å². The highest BCUT2D eigenvalue weighted by molar-refractivity contribution is 7.91. The highest BCUT2D eigenvalue weighted by Gasteiger charge is 2.34. The van der Waals surface area contributed by atoms with Crippen molar-refractivity contribution in [3.63, 3.8) is 0 Å². The fourth-order valence-electron chi connectivity index (χ4n) is 3.44. The summed E-state index contributed by atoms with van der Waals surface area (Å²) >= 11 is 5.81. The summed E-state index contributed by atoms with van der Waals surface area (Å²) in [7, 11) is -3.59. The topological polar surface area (TPSA) is 71.5 Å². The molecule has 0 N–H and O–H groups in total. The Kier molecular flexibility index (Phi) is 6.70. The lowest BCUT2D eigenvalue weighted by Gasteiger charge is -2.20. The van der Waals surface area contributed by atoms with Crippen molar-refractivity contribution in [3.05, 3.63) is 70.5 Å². The Bertz CT molecular complexity index is 1010. The molecule has 0 bridgehead atoms. The maximum atomic E-state index is 14.1. The maximum absolute atomic E-state index is 14.1. The molecule has 0 saturated carbocycles. The molecule has 5 nitrogen and oxygen atoms in total. The zero-order valence-corrected chi connectivity index (χ0v) is 17.3. The molecular formula is C21H21ClFNO4S. The standard InChI is InChI=1S/C21H21ClFNO4S/c22-16-7-5-15(6-8-16)19(25)9-10-21(26)24-12-11-20(29(27,28)14-13-24)17-3-1-2-4-18(17)23/h1-8,20H,9-14H2. The zero-order valence-electron chi connectivity index (χ0n) is 15.7. The minimum Gasteiger partial charge on any atom is -0.342 e. The Morgan fingerprint density at radius 3 is 2.41 bits per heavy atom. The number of rotatable bonds is 5. The van der Waals surface area contributed by atoms with Gasteiger partial charge >= 0.3 is 0 Å². The number of hydrogen-bond donors (Lipinski definition) is 0. The van der Waals surface area contributed by atoms with E-state index in [1.807, 2.05) is 0 Å². The van der Waals surface area contributed by atoms with Crippen molar-refractivity contribution in [2.75, 3.05) is 18.8 Å². The molecule has 0 radical (unpaired) electrons. The van der Waals surface area contributed by atoms with Gasteiger partial charge in [0, 0.05) is 42.1 Å². The largest absolute Gasteiger partial charge is 0.342 e. The summed E-state index contributed by atoms with van der Waals surface area (Å²) in [6, 6.07) is 12.2. The lowest BCUT2D eigenvalue weighted by Crippen LogP contribution is -2.33. The number of sulfone groups is 1. The van der Waals surface area contributed by atoms with E-state index in [9.17, 15) is 22.4 Å².